The minimum absolute atomic E-state index is 0.346. The number of nitrogens with two attached hydrogens (primary N) is 1. The van der Waals surface area contributed by atoms with Gasteiger partial charge in [0.15, 0.2) is 5.82 Å². The zero-order valence-corrected chi connectivity index (χ0v) is 11.7. The van der Waals surface area contributed by atoms with Crippen LogP contribution in [-0.2, 0) is 6.54 Å². The van der Waals surface area contributed by atoms with Crippen LogP contribution in [0.15, 0.2) is 36.4 Å². The molecule has 0 unspecified atom stereocenters. The van der Waals surface area contributed by atoms with Gasteiger partial charge in [-0.1, -0.05) is 12.1 Å². The third-order valence-corrected chi connectivity index (χ3v) is 3.01. The van der Waals surface area contributed by atoms with Crippen molar-refractivity contribution in [1.29, 1.82) is 0 Å². The van der Waals surface area contributed by atoms with Crippen molar-refractivity contribution in [2.45, 2.75) is 33.4 Å². The molecule has 0 aliphatic heterocycles. The number of rotatable bonds is 4. The zero-order chi connectivity index (χ0) is 13.8. The summed E-state index contributed by atoms with van der Waals surface area (Å²) in [5.41, 5.74) is 8.71. The highest BCUT2D eigenvalue weighted by Crippen LogP contribution is 2.18. The summed E-state index contributed by atoms with van der Waals surface area (Å²) < 4.78 is 0. The van der Waals surface area contributed by atoms with Crippen LogP contribution >= 0.6 is 0 Å². The summed E-state index contributed by atoms with van der Waals surface area (Å²) in [6.07, 6.45) is 0. The van der Waals surface area contributed by atoms with Crippen molar-refractivity contribution in [2.75, 3.05) is 10.6 Å². The fraction of sp³-hybridized carbons (Fsp3) is 0.333. The Morgan fingerprint density at radius 3 is 2.53 bits per heavy atom. The molecule has 1 aromatic heterocycles. The molecule has 2 rings (SSSR count). The molecule has 1 heterocycles. The molecule has 0 aliphatic rings. The van der Waals surface area contributed by atoms with Gasteiger partial charge in [-0.3, -0.25) is 0 Å². The van der Waals surface area contributed by atoms with Gasteiger partial charge in [0.2, 0.25) is 0 Å². The van der Waals surface area contributed by atoms with E-state index in [4.69, 9.17) is 5.73 Å². The first kappa shape index (κ1) is 13.3. The molecule has 0 atom stereocenters. The van der Waals surface area contributed by atoms with Crippen molar-refractivity contribution in [3.8, 4) is 0 Å². The van der Waals surface area contributed by atoms with E-state index in [-0.39, 0.29) is 0 Å². The van der Waals surface area contributed by atoms with Crippen LogP contribution in [0.25, 0.3) is 0 Å². The van der Waals surface area contributed by atoms with Crippen LogP contribution in [0.2, 0.25) is 0 Å². The molecule has 2 aromatic rings. The summed E-state index contributed by atoms with van der Waals surface area (Å²) in [6, 6.07) is 12.3. The van der Waals surface area contributed by atoms with Crippen molar-refractivity contribution >= 4 is 11.5 Å². The number of anilines is 2. The first-order valence-electron chi connectivity index (χ1n) is 6.47. The quantitative estimate of drug-likeness (QED) is 0.855. The number of nitrogens with zero attached hydrogens (tertiary/aromatic N) is 3. The molecule has 0 amide bonds. The lowest BCUT2D eigenvalue weighted by Gasteiger charge is -2.27. The molecule has 0 radical (unpaired) electrons. The van der Waals surface area contributed by atoms with Crippen molar-refractivity contribution in [3.63, 3.8) is 0 Å². The van der Waals surface area contributed by atoms with Gasteiger partial charge in [0.05, 0.1) is 5.69 Å². The molecule has 0 fully saturated rings. The third kappa shape index (κ3) is 3.44. The van der Waals surface area contributed by atoms with Crippen LogP contribution in [0.5, 0.6) is 0 Å². The number of hydrogen-bond acceptors (Lipinski definition) is 4. The second-order valence-corrected chi connectivity index (χ2v) is 5.00. The molecule has 0 bridgehead atoms. The molecule has 0 spiro atoms. The molecule has 1 aromatic carbocycles. The van der Waals surface area contributed by atoms with Crippen molar-refractivity contribution < 1.29 is 0 Å². The van der Waals surface area contributed by atoms with Gasteiger partial charge in [0.25, 0.3) is 0 Å². The van der Waals surface area contributed by atoms with E-state index in [1.54, 1.807) is 0 Å². The van der Waals surface area contributed by atoms with Gasteiger partial charge in [-0.2, -0.15) is 5.10 Å². The monoisotopic (exact) mass is 256 g/mol. The Morgan fingerprint density at radius 1 is 1.16 bits per heavy atom. The highest BCUT2D eigenvalue weighted by atomic mass is 15.3. The van der Waals surface area contributed by atoms with E-state index in [2.05, 4.69) is 35.0 Å². The maximum atomic E-state index is 5.82. The summed E-state index contributed by atoms with van der Waals surface area (Å²) in [5, 5.41) is 8.39. The normalized spacial score (nSPS) is 10.7. The van der Waals surface area contributed by atoms with Gasteiger partial charge in [-0.15, -0.1) is 5.10 Å². The van der Waals surface area contributed by atoms with E-state index >= 15 is 0 Å². The highest BCUT2D eigenvalue weighted by molar-refractivity contribution is 5.44. The Labute approximate surface area is 114 Å². The molecule has 100 valence electrons. The van der Waals surface area contributed by atoms with Crippen molar-refractivity contribution in [2.24, 2.45) is 0 Å². The molecule has 0 saturated heterocycles. The lowest BCUT2D eigenvalue weighted by atomic mass is 10.1. The molecule has 2 N–H and O–H groups in total. The van der Waals surface area contributed by atoms with Gasteiger partial charge >= 0.3 is 0 Å². The predicted molar refractivity (Wildman–Crippen MR) is 78.9 cm³/mol. The zero-order valence-electron chi connectivity index (χ0n) is 11.7. The maximum absolute atomic E-state index is 5.82. The van der Waals surface area contributed by atoms with E-state index in [0.29, 0.717) is 6.04 Å². The SMILES string of the molecule is Cc1ccc(N(Cc2cccc(N)c2)C(C)C)nn1. The first-order valence-corrected chi connectivity index (χ1v) is 6.47. The summed E-state index contributed by atoms with van der Waals surface area (Å²) >= 11 is 0. The standard InChI is InChI=1S/C15H20N4/c1-11(2)19(15-8-7-12(3)17-18-15)10-13-5-4-6-14(16)9-13/h4-9,11H,10,16H2,1-3H3. The number of benzene rings is 1. The van der Waals surface area contributed by atoms with Crippen LogP contribution in [0.1, 0.15) is 25.1 Å². The number of aryl methyl sites for hydroxylation is 1. The Morgan fingerprint density at radius 2 is 1.95 bits per heavy atom. The molecular formula is C15H20N4. The van der Waals surface area contributed by atoms with Crippen molar-refractivity contribution in [3.05, 3.63) is 47.7 Å². The first-order chi connectivity index (χ1) is 9.06. The molecule has 4 nitrogen and oxygen atoms in total. The second kappa shape index (κ2) is 5.69. The van der Waals surface area contributed by atoms with E-state index in [9.17, 15) is 0 Å². The Bertz CT molecular complexity index is 534. The number of hydrogen-bond donors (Lipinski definition) is 1. The Hall–Kier alpha value is -2.10. The molecule has 0 saturated carbocycles. The van der Waals surface area contributed by atoms with E-state index in [1.807, 2.05) is 37.3 Å². The summed E-state index contributed by atoms with van der Waals surface area (Å²) in [6.45, 7) is 7.01. The minimum atomic E-state index is 0.346. The average Bonchev–Trinajstić information content (AvgIpc) is 2.37. The van der Waals surface area contributed by atoms with Crippen LogP contribution in [0, 0.1) is 6.92 Å². The summed E-state index contributed by atoms with van der Waals surface area (Å²) in [7, 11) is 0. The van der Waals surface area contributed by atoms with Crippen LogP contribution in [0.4, 0.5) is 11.5 Å². The lowest BCUT2D eigenvalue weighted by Crippen LogP contribution is -2.31. The number of aromatic nitrogens is 2. The number of nitrogen functional groups attached to an aromatic ring is 1. The highest BCUT2D eigenvalue weighted by Gasteiger charge is 2.13. The van der Waals surface area contributed by atoms with E-state index in [1.165, 1.54) is 5.56 Å². The van der Waals surface area contributed by atoms with Gasteiger partial charge in [-0.25, -0.2) is 0 Å². The Kier molecular flexibility index (Phi) is 4.00. The summed E-state index contributed by atoms with van der Waals surface area (Å²) in [4.78, 5) is 2.21. The lowest BCUT2D eigenvalue weighted by molar-refractivity contribution is 0.665. The van der Waals surface area contributed by atoms with Gasteiger partial charge < -0.3 is 10.6 Å². The average molecular weight is 256 g/mol. The molecule has 4 heteroatoms. The fourth-order valence-corrected chi connectivity index (χ4v) is 1.96. The topological polar surface area (TPSA) is 55.0 Å². The third-order valence-electron chi connectivity index (χ3n) is 3.01. The van der Waals surface area contributed by atoms with Crippen LogP contribution < -0.4 is 10.6 Å². The van der Waals surface area contributed by atoms with Gasteiger partial charge in [-0.05, 0) is 50.6 Å². The smallest absolute Gasteiger partial charge is 0.151 e. The predicted octanol–water partition coefficient (Wildman–Crippen LogP) is 2.78. The fourth-order valence-electron chi connectivity index (χ4n) is 1.96. The maximum Gasteiger partial charge on any atom is 0.151 e. The van der Waals surface area contributed by atoms with Gasteiger partial charge in [0.1, 0.15) is 0 Å². The molecule has 0 aliphatic carbocycles. The Balaban J connectivity index is 2.23. The van der Waals surface area contributed by atoms with E-state index < -0.39 is 0 Å². The largest absolute Gasteiger partial charge is 0.399 e. The van der Waals surface area contributed by atoms with Gasteiger partial charge in [0, 0.05) is 18.3 Å². The summed E-state index contributed by atoms with van der Waals surface area (Å²) in [5.74, 6) is 0.892. The molecular weight excluding hydrogens is 236 g/mol. The minimum Gasteiger partial charge on any atom is -0.399 e. The van der Waals surface area contributed by atoms with Crippen LogP contribution in [-0.4, -0.2) is 16.2 Å². The molecule has 19 heavy (non-hydrogen) atoms. The second-order valence-electron chi connectivity index (χ2n) is 5.00. The van der Waals surface area contributed by atoms with Crippen LogP contribution in [0.3, 0.4) is 0 Å². The van der Waals surface area contributed by atoms with E-state index in [0.717, 1.165) is 23.7 Å². The van der Waals surface area contributed by atoms with Crippen molar-refractivity contribution in [1.82, 2.24) is 10.2 Å².